The highest BCUT2D eigenvalue weighted by Gasteiger charge is 2.15. The Balaban J connectivity index is 0.000000236. The van der Waals surface area contributed by atoms with Gasteiger partial charge in [-0.2, -0.15) is 0 Å². The first-order chi connectivity index (χ1) is 12.9. The summed E-state index contributed by atoms with van der Waals surface area (Å²) >= 11 is 3.48. The van der Waals surface area contributed by atoms with Crippen LogP contribution in [-0.4, -0.2) is 5.33 Å². The molecule has 3 aromatic carbocycles. The van der Waals surface area contributed by atoms with Gasteiger partial charge in [0.2, 0.25) is 0 Å². The van der Waals surface area contributed by atoms with Crippen molar-refractivity contribution in [2.75, 3.05) is 5.33 Å². The molecular weight excluding hydrogens is 399 g/mol. The molecule has 1 aliphatic carbocycles. The van der Waals surface area contributed by atoms with E-state index in [9.17, 15) is 0 Å². The minimum Gasteiger partial charge on any atom is -0.0925 e. The Kier molecular flexibility index (Phi) is 7.92. The van der Waals surface area contributed by atoms with Gasteiger partial charge in [0.25, 0.3) is 0 Å². The Morgan fingerprint density at radius 2 is 0.962 bits per heavy atom. The van der Waals surface area contributed by atoms with Crippen LogP contribution >= 0.6 is 23.9 Å². The number of alkyl halides is 1. The molecule has 0 aliphatic heterocycles. The molecule has 0 nitrogen and oxygen atoms in total. The highest BCUT2D eigenvalue weighted by atomic mass is 79.9. The van der Waals surface area contributed by atoms with E-state index in [4.69, 9.17) is 0 Å². The van der Waals surface area contributed by atoms with E-state index in [2.05, 4.69) is 107 Å². The first-order valence-corrected chi connectivity index (χ1v) is 11.9. The van der Waals surface area contributed by atoms with Crippen molar-refractivity contribution in [1.82, 2.24) is 0 Å². The van der Waals surface area contributed by atoms with E-state index in [1.165, 1.54) is 46.9 Å². The topological polar surface area (TPSA) is 0 Å². The molecule has 0 unspecified atom stereocenters. The Bertz CT molecular complexity index is 643. The average molecular weight is 425 g/mol. The highest BCUT2D eigenvalue weighted by molar-refractivity contribution is 9.09. The van der Waals surface area contributed by atoms with Gasteiger partial charge in [-0.05, 0) is 42.6 Å². The van der Waals surface area contributed by atoms with Crippen LogP contribution in [0.25, 0.3) is 0 Å². The number of rotatable bonds is 4. The van der Waals surface area contributed by atoms with Crippen molar-refractivity contribution in [1.29, 1.82) is 0 Å². The maximum absolute atomic E-state index is 3.48. The van der Waals surface area contributed by atoms with E-state index in [0.29, 0.717) is 0 Å². The third-order valence-electron chi connectivity index (χ3n) is 4.74. The van der Waals surface area contributed by atoms with Crippen LogP contribution in [-0.2, 0) is 0 Å². The molecule has 0 amide bonds. The Hall–Kier alpha value is -1.43. The molecule has 1 saturated carbocycles. The van der Waals surface area contributed by atoms with E-state index in [1.807, 2.05) is 0 Å². The molecule has 0 atom stereocenters. The van der Waals surface area contributed by atoms with Crippen molar-refractivity contribution >= 4 is 39.8 Å². The SMILES string of the molecule is BrCC1CCCC1.c1ccc(P(c2ccccc2)c2ccccc2)cc1. The van der Waals surface area contributed by atoms with Crippen molar-refractivity contribution in [2.45, 2.75) is 25.7 Å². The fourth-order valence-corrected chi connectivity index (χ4v) is 6.30. The van der Waals surface area contributed by atoms with Crippen molar-refractivity contribution in [3.63, 3.8) is 0 Å². The minimum atomic E-state index is -0.446. The molecule has 0 saturated heterocycles. The molecule has 0 heterocycles. The zero-order chi connectivity index (χ0) is 18.0. The molecule has 1 aliphatic rings. The van der Waals surface area contributed by atoms with E-state index in [1.54, 1.807) is 0 Å². The van der Waals surface area contributed by atoms with E-state index >= 15 is 0 Å². The number of hydrogen-bond acceptors (Lipinski definition) is 0. The Labute approximate surface area is 167 Å². The lowest BCUT2D eigenvalue weighted by Gasteiger charge is -2.18. The second kappa shape index (κ2) is 10.7. The van der Waals surface area contributed by atoms with Gasteiger partial charge in [-0.1, -0.05) is 120 Å². The lowest BCUT2D eigenvalue weighted by atomic mass is 10.1. The van der Waals surface area contributed by atoms with Gasteiger partial charge in [-0.25, -0.2) is 0 Å². The van der Waals surface area contributed by atoms with Crippen LogP contribution in [0, 0.1) is 5.92 Å². The smallest absolute Gasteiger partial charge is 0.00596 e. The van der Waals surface area contributed by atoms with Crippen molar-refractivity contribution in [3.05, 3.63) is 91.0 Å². The number of halogens is 1. The highest BCUT2D eigenvalue weighted by Crippen LogP contribution is 2.32. The quantitative estimate of drug-likeness (QED) is 0.355. The molecule has 0 N–H and O–H groups in total. The van der Waals surface area contributed by atoms with Gasteiger partial charge in [0.05, 0.1) is 0 Å². The van der Waals surface area contributed by atoms with E-state index in [0.717, 1.165) is 5.92 Å². The largest absolute Gasteiger partial charge is 0.0925 e. The summed E-state index contributed by atoms with van der Waals surface area (Å²) in [5, 5.41) is 5.42. The maximum atomic E-state index is 3.48. The van der Waals surface area contributed by atoms with Gasteiger partial charge >= 0.3 is 0 Å². The van der Waals surface area contributed by atoms with Gasteiger partial charge in [-0.3, -0.25) is 0 Å². The lowest BCUT2D eigenvalue weighted by molar-refractivity contribution is 0.627. The second-order valence-corrected chi connectivity index (χ2v) is 9.51. The van der Waals surface area contributed by atoms with Gasteiger partial charge in [-0.15, -0.1) is 0 Å². The third kappa shape index (κ3) is 5.53. The van der Waals surface area contributed by atoms with Crippen molar-refractivity contribution < 1.29 is 0 Å². The number of hydrogen-bond donors (Lipinski definition) is 0. The first kappa shape index (κ1) is 19.3. The summed E-state index contributed by atoms with van der Waals surface area (Å²) in [6.45, 7) is 0. The van der Waals surface area contributed by atoms with E-state index in [-0.39, 0.29) is 0 Å². The maximum Gasteiger partial charge on any atom is 0.00596 e. The van der Waals surface area contributed by atoms with Crippen LogP contribution < -0.4 is 15.9 Å². The summed E-state index contributed by atoms with van der Waals surface area (Å²) in [6, 6.07) is 32.3. The molecule has 26 heavy (non-hydrogen) atoms. The predicted molar refractivity (Wildman–Crippen MR) is 121 cm³/mol. The van der Waals surface area contributed by atoms with Crippen LogP contribution in [0.3, 0.4) is 0 Å². The lowest BCUT2D eigenvalue weighted by Crippen LogP contribution is -2.20. The fraction of sp³-hybridized carbons (Fsp3) is 0.250. The van der Waals surface area contributed by atoms with Gasteiger partial charge < -0.3 is 0 Å². The summed E-state index contributed by atoms with van der Waals surface area (Å²) < 4.78 is 0. The van der Waals surface area contributed by atoms with E-state index < -0.39 is 7.92 Å². The molecule has 0 radical (unpaired) electrons. The normalized spacial score (nSPS) is 14.1. The molecule has 134 valence electrons. The summed E-state index contributed by atoms with van der Waals surface area (Å²) in [5.41, 5.74) is 0. The summed E-state index contributed by atoms with van der Waals surface area (Å²) in [5.74, 6) is 1.01. The fourth-order valence-electron chi connectivity index (χ4n) is 3.34. The van der Waals surface area contributed by atoms with Crippen LogP contribution in [0.5, 0.6) is 0 Å². The Morgan fingerprint density at radius 3 is 1.23 bits per heavy atom. The molecule has 0 bridgehead atoms. The van der Waals surface area contributed by atoms with Crippen LogP contribution in [0.1, 0.15) is 25.7 Å². The minimum absolute atomic E-state index is 0.446. The summed E-state index contributed by atoms with van der Waals surface area (Å²) in [4.78, 5) is 0. The molecule has 2 heteroatoms. The molecule has 0 spiro atoms. The molecule has 1 fully saturated rings. The zero-order valence-electron chi connectivity index (χ0n) is 15.1. The van der Waals surface area contributed by atoms with Gasteiger partial charge in [0, 0.05) is 5.33 Å². The summed E-state index contributed by atoms with van der Waals surface area (Å²) in [6.07, 6.45) is 5.86. The second-order valence-electron chi connectivity index (χ2n) is 6.65. The van der Waals surface area contributed by atoms with Crippen LogP contribution in [0.4, 0.5) is 0 Å². The predicted octanol–water partition coefficient (Wildman–Crippen LogP) is 6.02. The zero-order valence-corrected chi connectivity index (χ0v) is 17.6. The molecule has 4 rings (SSSR count). The van der Waals surface area contributed by atoms with Crippen molar-refractivity contribution in [2.24, 2.45) is 5.92 Å². The third-order valence-corrected chi connectivity index (χ3v) is 8.10. The molecular formula is C24H26BrP. The molecule has 3 aromatic rings. The van der Waals surface area contributed by atoms with Crippen LogP contribution in [0.2, 0.25) is 0 Å². The summed E-state index contributed by atoms with van der Waals surface area (Å²) in [7, 11) is -0.446. The molecule has 0 aromatic heterocycles. The Morgan fingerprint density at radius 1 is 0.615 bits per heavy atom. The van der Waals surface area contributed by atoms with Crippen LogP contribution in [0.15, 0.2) is 91.0 Å². The standard InChI is InChI=1S/C18H15P.C6H11Br/c1-4-10-16(11-5-1)19(17-12-6-2-7-13-17)18-14-8-3-9-15-18;7-5-6-3-1-2-4-6/h1-15H;6H,1-5H2. The van der Waals surface area contributed by atoms with Crippen molar-refractivity contribution in [3.8, 4) is 0 Å². The van der Waals surface area contributed by atoms with Gasteiger partial charge in [0.15, 0.2) is 0 Å². The monoisotopic (exact) mass is 424 g/mol. The first-order valence-electron chi connectivity index (χ1n) is 9.39. The number of benzene rings is 3. The van der Waals surface area contributed by atoms with Gasteiger partial charge in [0.1, 0.15) is 0 Å². The average Bonchev–Trinajstić information content (AvgIpc) is 3.25.